The molecule has 0 saturated carbocycles. The van der Waals surface area contributed by atoms with Gasteiger partial charge in [-0.2, -0.15) is 0 Å². The summed E-state index contributed by atoms with van der Waals surface area (Å²) in [7, 11) is -4.34. The summed E-state index contributed by atoms with van der Waals surface area (Å²) in [5, 5.41) is 17.6. The Morgan fingerprint density at radius 3 is 1.95 bits per heavy atom. The van der Waals surface area contributed by atoms with E-state index in [0.29, 0.717) is 0 Å². The normalized spacial score (nSPS) is 10.5. The van der Waals surface area contributed by atoms with E-state index in [2.05, 4.69) is 0 Å². The van der Waals surface area contributed by atoms with Gasteiger partial charge in [0.15, 0.2) is 0 Å². The summed E-state index contributed by atoms with van der Waals surface area (Å²) in [6.07, 6.45) is -0.0778. The second kappa shape index (κ2) is 8.35. The Morgan fingerprint density at radius 1 is 1.10 bits per heavy atom. The second-order valence-corrected chi connectivity index (χ2v) is 5.34. The Hall–Kier alpha value is -1.13. The Kier molecular flexibility index (Phi) is 7.90. The fourth-order valence-corrected chi connectivity index (χ4v) is 1.83. The molecule has 21 heavy (non-hydrogen) atoms. The van der Waals surface area contributed by atoms with Crippen molar-refractivity contribution in [2.75, 3.05) is 12.4 Å². The van der Waals surface area contributed by atoms with Gasteiger partial charge in [-0.3, -0.25) is 0 Å². The van der Waals surface area contributed by atoms with E-state index in [1.54, 1.807) is 0 Å². The van der Waals surface area contributed by atoms with E-state index in [1.807, 2.05) is 0 Å². The fraction of sp³-hybridized carbons (Fsp3) is 0.273. The van der Waals surface area contributed by atoms with E-state index < -0.39 is 27.8 Å². The smallest absolute Gasteiger partial charge is 0.748 e. The molecule has 0 aliphatic heterocycles. The third-order valence-corrected chi connectivity index (χ3v) is 3.00. The van der Waals surface area contributed by atoms with Crippen LogP contribution in [0.1, 0.15) is 27.1 Å². The zero-order chi connectivity index (χ0) is 15.3. The number of carboxylic acids is 2. The molecular weight excluding hydrogens is 315 g/mol. The Balaban J connectivity index is 0.00000400. The van der Waals surface area contributed by atoms with E-state index in [1.165, 1.54) is 0 Å². The van der Waals surface area contributed by atoms with Crippen LogP contribution in [0.25, 0.3) is 0 Å². The Labute approximate surface area is 142 Å². The molecule has 0 bridgehead atoms. The number of carbonyl (C=O) groups is 2. The predicted octanol–water partition coefficient (Wildman–Crippen LogP) is -2.60. The first-order chi connectivity index (χ1) is 9.19. The van der Waals surface area contributed by atoms with E-state index in [-0.39, 0.29) is 59.5 Å². The number of carboxylic acid groups (broad SMARTS) is 2. The summed E-state index contributed by atoms with van der Waals surface area (Å²) in [5.41, 5.74) is -0.535. The molecule has 0 aromatic heterocycles. The fourth-order valence-electron chi connectivity index (χ4n) is 1.36. The third kappa shape index (κ3) is 7.44. The second-order valence-electron chi connectivity index (χ2n) is 3.82. The maximum absolute atomic E-state index is 10.8. The van der Waals surface area contributed by atoms with Gasteiger partial charge in [-0.05, 0) is 24.6 Å². The summed E-state index contributed by atoms with van der Waals surface area (Å²) in [6, 6.07) is 3.20. The van der Waals surface area contributed by atoms with E-state index in [9.17, 15) is 22.6 Å². The molecule has 0 spiro atoms. The van der Waals surface area contributed by atoms with Crippen LogP contribution >= 0.6 is 0 Å². The minimum Gasteiger partial charge on any atom is -0.748 e. The Morgan fingerprint density at radius 2 is 1.57 bits per heavy atom. The van der Waals surface area contributed by atoms with Gasteiger partial charge in [-0.1, -0.05) is 0 Å². The largest absolute Gasteiger partial charge is 1.00 e. The molecule has 2 N–H and O–H groups in total. The number of rotatable bonds is 7. The van der Waals surface area contributed by atoms with Gasteiger partial charge in [0, 0.05) is 5.75 Å². The van der Waals surface area contributed by atoms with Crippen LogP contribution in [0.3, 0.4) is 0 Å². The standard InChI is InChI=1S/C11H12O8S.Na/c12-10(13)7-4-8(11(14)15)6-9(5-7)19-2-1-3-20(16,17)18;/h4-6H,1-3H2,(H,12,13)(H,14,15)(H,16,17,18);/q;+1/p-1. The molecule has 1 aromatic carbocycles. The summed E-state index contributed by atoms with van der Waals surface area (Å²) in [4.78, 5) is 21.6. The molecule has 110 valence electrons. The first-order valence-electron chi connectivity index (χ1n) is 5.37. The van der Waals surface area contributed by atoms with Crippen LogP contribution in [-0.2, 0) is 10.1 Å². The van der Waals surface area contributed by atoms with Crippen molar-refractivity contribution in [3.63, 3.8) is 0 Å². The molecule has 0 fully saturated rings. The van der Waals surface area contributed by atoms with Crippen molar-refractivity contribution in [3.8, 4) is 5.75 Å². The van der Waals surface area contributed by atoms with E-state index >= 15 is 0 Å². The third-order valence-electron chi connectivity index (χ3n) is 2.21. The first-order valence-corrected chi connectivity index (χ1v) is 6.95. The van der Waals surface area contributed by atoms with Crippen molar-refractivity contribution < 1.29 is 67.1 Å². The molecule has 0 amide bonds. The Bertz CT molecular complexity index is 593. The van der Waals surface area contributed by atoms with E-state index in [4.69, 9.17) is 14.9 Å². The van der Waals surface area contributed by atoms with Gasteiger partial charge < -0.3 is 19.5 Å². The van der Waals surface area contributed by atoms with Crippen molar-refractivity contribution in [2.24, 2.45) is 0 Å². The zero-order valence-corrected chi connectivity index (χ0v) is 13.9. The summed E-state index contributed by atoms with van der Waals surface area (Å²) < 4.78 is 36.1. The van der Waals surface area contributed by atoms with Crippen LogP contribution < -0.4 is 34.3 Å². The predicted molar refractivity (Wildman–Crippen MR) is 65.0 cm³/mol. The molecule has 0 unspecified atom stereocenters. The van der Waals surface area contributed by atoms with Crippen LogP contribution in [0.2, 0.25) is 0 Å². The average Bonchev–Trinajstić information content (AvgIpc) is 2.33. The maximum Gasteiger partial charge on any atom is 1.00 e. The number of hydrogen-bond donors (Lipinski definition) is 2. The van der Waals surface area contributed by atoms with Crippen molar-refractivity contribution in [2.45, 2.75) is 6.42 Å². The van der Waals surface area contributed by atoms with Crippen LogP contribution in [0.15, 0.2) is 18.2 Å². The monoisotopic (exact) mass is 326 g/mol. The van der Waals surface area contributed by atoms with Crippen LogP contribution in [-0.4, -0.2) is 47.5 Å². The van der Waals surface area contributed by atoms with Crippen molar-refractivity contribution in [1.82, 2.24) is 0 Å². The van der Waals surface area contributed by atoms with Gasteiger partial charge in [0.1, 0.15) is 5.75 Å². The number of aromatic carboxylic acids is 2. The summed E-state index contributed by atoms with van der Waals surface area (Å²) in [6.45, 7) is -0.149. The molecule has 0 atom stereocenters. The molecular formula is C11H11NaO8S. The van der Waals surface area contributed by atoms with E-state index in [0.717, 1.165) is 18.2 Å². The number of benzene rings is 1. The number of hydrogen-bond acceptors (Lipinski definition) is 6. The van der Waals surface area contributed by atoms with Crippen LogP contribution in [0.5, 0.6) is 5.75 Å². The minimum atomic E-state index is -4.34. The summed E-state index contributed by atoms with van der Waals surface area (Å²) >= 11 is 0. The molecule has 0 heterocycles. The van der Waals surface area contributed by atoms with Gasteiger partial charge in [-0.15, -0.1) is 0 Å². The topological polar surface area (TPSA) is 141 Å². The number of ether oxygens (including phenoxy) is 1. The molecule has 1 aromatic rings. The van der Waals surface area contributed by atoms with Gasteiger partial charge in [0.25, 0.3) is 0 Å². The van der Waals surface area contributed by atoms with Crippen molar-refractivity contribution in [1.29, 1.82) is 0 Å². The molecule has 0 aliphatic carbocycles. The quantitative estimate of drug-likeness (QED) is 0.316. The van der Waals surface area contributed by atoms with Crippen LogP contribution in [0.4, 0.5) is 0 Å². The molecule has 0 radical (unpaired) electrons. The molecule has 1 rings (SSSR count). The average molecular weight is 326 g/mol. The summed E-state index contributed by atoms with van der Waals surface area (Å²) in [5.74, 6) is -3.28. The van der Waals surface area contributed by atoms with Crippen molar-refractivity contribution >= 4 is 22.1 Å². The first kappa shape index (κ1) is 19.9. The maximum atomic E-state index is 10.8. The molecule has 10 heteroatoms. The van der Waals surface area contributed by atoms with Gasteiger partial charge in [0.2, 0.25) is 0 Å². The van der Waals surface area contributed by atoms with Crippen molar-refractivity contribution in [3.05, 3.63) is 29.3 Å². The van der Waals surface area contributed by atoms with Gasteiger partial charge >= 0.3 is 41.5 Å². The molecule has 0 saturated heterocycles. The van der Waals surface area contributed by atoms with Crippen LogP contribution in [0, 0.1) is 0 Å². The zero-order valence-electron chi connectivity index (χ0n) is 11.1. The molecule has 8 nitrogen and oxygen atoms in total. The van der Waals surface area contributed by atoms with Gasteiger partial charge in [0.05, 0.1) is 27.9 Å². The molecule has 0 aliphatic rings. The SMILES string of the molecule is O=C(O)c1cc(OCCCS(=O)(=O)[O-])cc(C(=O)O)c1.[Na+]. The van der Waals surface area contributed by atoms with Gasteiger partial charge in [-0.25, -0.2) is 18.0 Å². The minimum absolute atomic E-state index is 0.